The summed E-state index contributed by atoms with van der Waals surface area (Å²) in [6.45, 7) is 2.53. The second kappa shape index (κ2) is 8.33. The molecule has 0 fully saturated rings. The zero-order valence-electron chi connectivity index (χ0n) is 16.4. The van der Waals surface area contributed by atoms with E-state index in [1.807, 2.05) is 6.92 Å². The van der Waals surface area contributed by atoms with Crippen LogP contribution in [0.1, 0.15) is 31.4 Å². The lowest BCUT2D eigenvalue weighted by atomic mass is 9.95. The number of hydrogen-bond donors (Lipinski definition) is 1. The fraction of sp³-hybridized carbons (Fsp3) is 0.450. The molecular formula is C20H25N3O5. The molecule has 0 spiro atoms. The van der Waals surface area contributed by atoms with Gasteiger partial charge in [-0.25, -0.2) is 9.59 Å². The van der Waals surface area contributed by atoms with Crippen molar-refractivity contribution in [2.75, 3.05) is 33.9 Å². The van der Waals surface area contributed by atoms with Gasteiger partial charge in [-0.05, 0) is 24.1 Å². The van der Waals surface area contributed by atoms with E-state index in [2.05, 4.69) is 5.32 Å². The number of urea groups is 1. The highest BCUT2D eigenvalue weighted by Crippen LogP contribution is 2.35. The Labute approximate surface area is 164 Å². The van der Waals surface area contributed by atoms with E-state index in [9.17, 15) is 14.4 Å². The van der Waals surface area contributed by atoms with E-state index in [4.69, 9.17) is 9.47 Å². The Balaban J connectivity index is 1.85. The minimum absolute atomic E-state index is 0.0137. The molecule has 150 valence electrons. The van der Waals surface area contributed by atoms with Crippen LogP contribution in [0.3, 0.4) is 0 Å². The Morgan fingerprint density at radius 2 is 2.04 bits per heavy atom. The molecule has 0 radical (unpaired) electrons. The number of hydrogen-bond acceptors (Lipinski definition) is 5. The zero-order valence-corrected chi connectivity index (χ0v) is 16.4. The molecule has 2 aliphatic heterocycles. The molecule has 3 amide bonds. The number of cyclic esters (lactones) is 1. The first-order valence-corrected chi connectivity index (χ1v) is 9.32. The number of benzene rings is 1. The molecule has 0 saturated heterocycles. The van der Waals surface area contributed by atoms with Gasteiger partial charge in [-0.1, -0.05) is 25.5 Å². The quantitative estimate of drug-likeness (QED) is 0.721. The number of esters is 1. The first-order chi connectivity index (χ1) is 13.5. The Morgan fingerprint density at radius 1 is 1.32 bits per heavy atom. The summed E-state index contributed by atoms with van der Waals surface area (Å²) in [5.41, 5.74) is 1.56. The number of methoxy groups -OCH3 is 1. The summed E-state index contributed by atoms with van der Waals surface area (Å²) in [4.78, 5) is 40.5. The fourth-order valence-electron chi connectivity index (χ4n) is 3.30. The highest BCUT2D eigenvalue weighted by atomic mass is 16.5. The molecule has 1 unspecified atom stereocenters. The van der Waals surface area contributed by atoms with Gasteiger partial charge in [0.2, 0.25) is 5.91 Å². The van der Waals surface area contributed by atoms with E-state index in [0.717, 1.165) is 18.4 Å². The lowest BCUT2D eigenvalue weighted by Crippen LogP contribution is -2.50. The molecule has 1 aromatic carbocycles. The maximum absolute atomic E-state index is 12.7. The van der Waals surface area contributed by atoms with E-state index >= 15 is 0 Å². The maximum atomic E-state index is 12.7. The van der Waals surface area contributed by atoms with Crippen LogP contribution in [0, 0.1) is 0 Å². The molecule has 8 nitrogen and oxygen atoms in total. The van der Waals surface area contributed by atoms with Gasteiger partial charge in [0, 0.05) is 13.6 Å². The third-order valence-corrected chi connectivity index (χ3v) is 5.01. The number of nitrogens with zero attached hydrogens (tertiary/aromatic N) is 2. The summed E-state index contributed by atoms with van der Waals surface area (Å²) in [5, 5.41) is 2.83. The van der Waals surface area contributed by atoms with Crippen molar-refractivity contribution in [2.24, 2.45) is 0 Å². The maximum Gasteiger partial charge on any atom is 0.338 e. The largest absolute Gasteiger partial charge is 0.497 e. The summed E-state index contributed by atoms with van der Waals surface area (Å²) < 4.78 is 10.3. The average molecular weight is 387 g/mol. The molecule has 28 heavy (non-hydrogen) atoms. The van der Waals surface area contributed by atoms with Gasteiger partial charge in [0.15, 0.2) is 0 Å². The number of nitrogens with one attached hydrogen (secondary N) is 1. The molecule has 0 aromatic heterocycles. The van der Waals surface area contributed by atoms with Crippen molar-refractivity contribution in [3.05, 3.63) is 41.1 Å². The van der Waals surface area contributed by atoms with Crippen LogP contribution in [0.2, 0.25) is 0 Å². The number of likely N-dealkylation sites (N-methyl/N-ethyl adjacent to an activating group) is 1. The van der Waals surface area contributed by atoms with Crippen molar-refractivity contribution in [1.82, 2.24) is 15.1 Å². The number of unbranched alkanes of at least 4 members (excludes halogenated alkanes) is 1. The average Bonchev–Trinajstić information content (AvgIpc) is 3.09. The van der Waals surface area contributed by atoms with Crippen molar-refractivity contribution in [3.8, 4) is 5.75 Å². The molecule has 0 aliphatic carbocycles. The Morgan fingerprint density at radius 3 is 2.68 bits per heavy atom. The van der Waals surface area contributed by atoms with E-state index in [-0.39, 0.29) is 19.1 Å². The van der Waals surface area contributed by atoms with Crippen LogP contribution < -0.4 is 10.1 Å². The minimum Gasteiger partial charge on any atom is -0.497 e. The number of rotatable bonds is 7. The van der Waals surface area contributed by atoms with Crippen LogP contribution in [0.15, 0.2) is 35.5 Å². The smallest absolute Gasteiger partial charge is 0.338 e. The molecule has 0 saturated carbocycles. The summed E-state index contributed by atoms with van der Waals surface area (Å²) in [6, 6.07) is 6.07. The van der Waals surface area contributed by atoms with E-state index in [0.29, 0.717) is 23.6 Å². The number of carbonyl (C=O) groups excluding carboxylic acids is 3. The van der Waals surface area contributed by atoms with Crippen molar-refractivity contribution < 1.29 is 23.9 Å². The van der Waals surface area contributed by atoms with Gasteiger partial charge < -0.3 is 19.7 Å². The summed E-state index contributed by atoms with van der Waals surface area (Å²) in [5.74, 6) is 0.0155. The van der Waals surface area contributed by atoms with Gasteiger partial charge in [0.1, 0.15) is 18.9 Å². The third-order valence-electron chi connectivity index (χ3n) is 5.01. The van der Waals surface area contributed by atoms with E-state index in [1.165, 1.54) is 4.90 Å². The Kier molecular flexibility index (Phi) is 5.87. The number of amides is 3. The monoisotopic (exact) mass is 387 g/mol. The SMILES string of the molecule is CCCCN(C)C(=O)CN1C(=O)NC(c2ccc(OC)cc2)C2=C1COC2=O. The second-order valence-corrected chi connectivity index (χ2v) is 6.85. The standard InChI is InChI=1S/C20H25N3O5/c1-4-5-10-22(2)16(24)11-23-15-12-28-19(25)17(15)18(21-20(23)26)13-6-8-14(27-3)9-7-13/h6-9,18H,4-5,10-12H2,1-3H3,(H,21,26). The number of carbonyl (C=O) groups is 3. The molecule has 1 N–H and O–H groups in total. The predicted octanol–water partition coefficient (Wildman–Crippen LogP) is 1.83. The first-order valence-electron chi connectivity index (χ1n) is 9.32. The lowest BCUT2D eigenvalue weighted by molar-refractivity contribution is -0.136. The summed E-state index contributed by atoms with van der Waals surface area (Å²) in [7, 11) is 3.28. The Hall–Kier alpha value is -3.03. The third kappa shape index (κ3) is 3.81. The minimum atomic E-state index is -0.618. The van der Waals surface area contributed by atoms with Crippen molar-refractivity contribution in [3.63, 3.8) is 0 Å². The van der Waals surface area contributed by atoms with E-state index in [1.54, 1.807) is 43.3 Å². The molecule has 0 bridgehead atoms. The van der Waals surface area contributed by atoms with Crippen molar-refractivity contribution in [2.45, 2.75) is 25.8 Å². The van der Waals surface area contributed by atoms with Crippen LogP contribution in [-0.4, -0.2) is 61.6 Å². The fourth-order valence-corrected chi connectivity index (χ4v) is 3.30. The number of ether oxygens (including phenoxy) is 2. The highest BCUT2D eigenvalue weighted by molar-refractivity contribution is 5.98. The van der Waals surface area contributed by atoms with Gasteiger partial charge in [-0.2, -0.15) is 0 Å². The molecule has 2 heterocycles. The van der Waals surface area contributed by atoms with Gasteiger partial charge in [0.25, 0.3) is 0 Å². The van der Waals surface area contributed by atoms with Gasteiger partial charge in [-0.15, -0.1) is 0 Å². The summed E-state index contributed by atoms with van der Waals surface area (Å²) in [6.07, 6.45) is 1.87. The topological polar surface area (TPSA) is 88.2 Å². The molecular weight excluding hydrogens is 362 g/mol. The molecule has 1 atom stereocenters. The predicted molar refractivity (Wildman–Crippen MR) is 102 cm³/mol. The van der Waals surface area contributed by atoms with Gasteiger partial charge in [0.05, 0.1) is 24.4 Å². The van der Waals surface area contributed by atoms with E-state index < -0.39 is 18.0 Å². The first kappa shape index (κ1) is 19.7. The normalized spacial score (nSPS) is 18.5. The van der Waals surface area contributed by atoms with Crippen LogP contribution in [0.25, 0.3) is 0 Å². The highest BCUT2D eigenvalue weighted by Gasteiger charge is 2.42. The van der Waals surface area contributed by atoms with Crippen LogP contribution in [-0.2, 0) is 14.3 Å². The lowest BCUT2D eigenvalue weighted by Gasteiger charge is -2.33. The zero-order chi connectivity index (χ0) is 20.3. The van der Waals surface area contributed by atoms with Crippen LogP contribution in [0.5, 0.6) is 5.75 Å². The van der Waals surface area contributed by atoms with Crippen LogP contribution >= 0.6 is 0 Å². The molecule has 2 aliphatic rings. The van der Waals surface area contributed by atoms with Gasteiger partial charge in [-0.3, -0.25) is 9.69 Å². The van der Waals surface area contributed by atoms with Crippen LogP contribution in [0.4, 0.5) is 4.79 Å². The molecule has 3 rings (SSSR count). The molecule has 1 aromatic rings. The second-order valence-electron chi connectivity index (χ2n) is 6.85. The van der Waals surface area contributed by atoms with Crippen molar-refractivity contribution >= 4 is 17.9 Å². The van der Waals surface area contributed by atoms with Gasteiger partial charge >= 0.3 is 12.0 Å². The Bertz CT molecular complexity index is 803. The summed E-state index contributed by atoms with van der Waals surface area (Å²) >= 11 is 0. The van der Waals surface area contributed by atoms with Crippen molar-refractivity contribution in [1.29, 1.82) is 0 Å². The molecule has 8 heteroatoms.